The molecule has 188 valence electrons. The molecule has 1 amide bonds. The molecule has 3 aromatic heterocycles. The van der Waals surface area contributed by atoms with Crippen molar-refractivity contribution in [3.63, 3.8) is 0 Å². The summed E-state index contributed by atoms with van der Waals surface area (Å²) in [6.45, 7) is 0.321. The van der Waals surface area contributed by atoms with E-state index in [-0.39, 0.29) is 10.1 Å². The van der Waals surface area contributed by atoms with Gasteiger partial charge in [0.05, 0.1) is 14.6 Å². The lowest BCUT2D eigenvalue weighted by atomic mass is 9.95. The van der Waals surface area contributed by atoms with E-state index in [0.29, 0.717) is 17.3 Å². The van der Waals surface area contributed by atoms with Crippen LogP contribution < -0.4 is 5.32 Å². The summed E-state index contributed by atoms with van der Waals surface area (Å²) in [5.74, 6) is -0.276. The maximum atomic E-state index is 13.7. The van der Waals surface area contributed by atoms with Crippen molar-refractivity contribution >= 4 is 76.8 Å². The van der Waals surface area contributed by atoms with Crippen LogP contribution in [0.4, 0.5) is 5.00 Å². The number of carbonyl (C=O) groups excluding carboxylic acids is 1. The number of anilines is 1. The van der Waals surface area contributed by atoms with Gasteiger partial charge in [-0.05, 0) is 68.4 Å². The van der Waals surface area contributed by atoms with Gasteiger partial charge >= 0.3 is 0 Å². The highest BCUT2D eigenvalue weighted by Crippen LogP contribution is 2.46. The van der Waals surface area contributed by atoms with E-state index in [4.69, 9.17) is 16.6 Å². The second kappa shape index (κ2) is 9.81. The molecule has 1 N–H and O–H groups in total. The third kappa shape index (κ3) is 4.41. The Balaban J connectivity index is 1.35. The molecule has 6 nitrogen and oxygen atoms in total. The molecule has 0 spiro atoms. The number of nitrogens with zero attached hydrogens (tertiary/aromatic N) is 2. The smallest absolute Gasteiger partial charge is 0.253 e. The highest BCUT2D eigenvalue weighted by molar-refractivity contribution is 7.91. The number of fused-ring (bicyclic) bond motifs is 2. The van der Waals surface area contributed by atoms with Crippen LogP contribution in [0.3, 0.4) is 0 Å². The largest absolute Gasteiger partial charge is 0.316 e. The summed E-state index contributed by atoms with van der Waals surface area (Å²) in [6.07, 6.45) is 6.25. The Hall–Kier alpha value is -1.82. The van der Waals surface area contributed by atoms with E-state index in [1.54, 1.807) is 28.7 Å². The van der Waals surface area contributed by atoms with Crippen molar-refractivity contribution in [3.8, 4) is 10.6 Å². The van der Waals surface area contributed by atoms with Gasteiger partial charge < -0.3 is 5.32 Å². The predicted molar refractivity (Wildman–Crippen MR) is 149 cm³/mol. The van der Waals surface area contributed by atoms with Gasteiger partial charge in [0.25, 0.3) is 10.0 Å². The number of rotatable bonds is 5. The zero-order chi connectivity index (χ0) is 24.9. The molecule has 1 aliphatic carbocycles. The molecular weight excluding hydrogens is 554 g/mol. The number of thiazole rings is 1. The number of hydrogen-bond acceptors (Lipinski definition) is 7. The molecule has 4 aromatic rings. The number of thiophene rings is 2. The molecule has 2 aliphatic rings. The summed E-state index contributed by atoms with van der Waals surface area (Å²) in [4.78, 5) is 19.9. The Labute approximate surface area is 227 Å². The van der Waals surface area contributed by atoms with Crippen LogP contribution in [0.1, 0.15) is 42.5 Å². The van der Waals surface area contributed by atoms with Gasteiger partial charge in [0.2, 0.25) is 5.91 Å². The standard InChI is InChI=1S/C25H24ClN3O3S4/c26-20-12-13-21(35-20)36(31,32)29-14-6-5-9-17(29)23(30)28-25-22(15-7-1-3-10-18(15)33-25)24-27-16-8-2-4-11-19(16)34-24/h2,4,8,11-13,17H,1,3,5-7,9-10,14H2,(H,28,30). The van der Waals surface area contributed by atoms with Gasteiger partial charge in [-0.1, -0.05) is 30.2 Å². The van der Waals surface area contributed by atoms with Gasteiger partial charge in [0, 0.05) is 17.0 Å². The molecule has 11 heteroatoms. The Kier molecular flexibility index (Phi) is 6.68. The minimum absolute atomic E-state index is 0.175. The maximum absolute atomic E-state index is 13.7. The Morgan fingerprint density at radius 3 is 2.67 bits per heavy atom. The highest BCUT2D eigenvalue weighted by atomic mass is 35.5. The number of benzene rings is 1. The number of amides is 1. The second-order valence-electron chi connectivity index (χ2n) is 9.08. The van der Waals surface area contributed by atoms with Crippen molar-refractivity contribution in [1.82, 2.24) is 9.29 Å². The SMILES string of the molecule is O=C(Nc1sc2c(c1-c1nc3ccccc3s1)CCCC2)C1CCCCN1S(=O)(=O)c1ccc(Cl)s1. The van der Waals surface area contributed by atoms with Crippen LogP contribution >= 0.6 is 45.6 Å². The van der Waals surface area contributed by atoms with Crippen LogP contribution in [-0.4, -0.2) is 36.2 Å². The monoisotopic (exact) mass is 577 g/mol. The summed E-state index contributed by atoms with van der Waals surface area (Å²) in [7, 11) is -3.81. The minimum atomic E-state index is -3.81. The quantitative estimate of drug-likeness (QED) is 0.283. The van der Waals surface area contributed by atoms with Crippen LogP contribution in [0.15, 0.2) is 40.6 Å². The first-order valence-corrected chi connectivity index (χ1v) is 16.3. The number of sulfonamides is 1. The summed E-state index contributed by atoms with van der Waals surface area (Å²) < 4.78 is 29.9. The zero-order valence-corrected chi connectivity index (χ0v) is 23.4. The van der Waals surface area contributed by atoms with Crippen molar-refractivity contribution in [2.24, 2.45) is 0 Å². The van der Waals surface area contributed by atoms with E-state index in [1.807, 2.05) is 18.2 Å². The Morgan fingerprint density at radius 2 is 1.86 bits per heavy atom. The molecule has 36 heavy (non-hydrogen) atoms. The third-order valence-corrected chi connectivity index (χ3v) is 12.7. The summed E-state index contributed by atoms with van der Waals surface area (Å²) in [5.41, 5.74) is 3.24. The molecule has 4 heterocycles. The minimum Gasteiger partial charge on any atom is -0.316 e. The van der Waals surface area contributed by atoms with E-state index < -0.39 is 16.1 Å². The Bertz CT molecular complexity index is 1520. The average molecular weight is 578 g/mol. The summed E-state index contributed by atoms with van der Waals surface area (Å²) in [5, 5.41) is 4.85. The molecule has 0 bridgehead atoms. The van der Waals surface area contributed by atoms with Gasteiger partial charge in [-0.3, -0.25) is 4.79 Å². The lowest BCUT2D eigenvalue weighted by molar-refractivity contribution is -0.120. The molecule has 6 rings (SSSR count). The summed E-state index contributed by atoms with van der Waals surface area (Å²) >= 11 is 10.3. The molecule has 1 unspecified atom stereocenters. The highest BCUT2D eigenvalue weighted by Gasteiger charge is 2.39. The van der Waals surface area contributed by atoms with Gasteiger partial charge in [-0.2, -0.15) is 4.31 Å². The number of aryl methyl sites for hydroxylation is 1. The van der Waals surface area contributed by atoms with Crippen molar-refractivity contribution < 1.29 is 13.2 Å². The number of hydrogen-bond donors (Lipinski definition) is 1. The molecule has 1 aromatic carbocycles. The first-order valence-electron chi connectivity index (χ1n) is 12.0. The molecule has 0 radical (unpaired) electrons. The third-order valence-electron chi connectivity index (χ3n) is 6.78. The lowest BCUT2D eigenvalue weighted by Gasteiger charge is -2.33. The normalized spacial score (nSPS) is 18.9. The number of para-hydroxylation sites is 1. The predicted octanol–water partition coefficient (Wildman–Crippen LogP) is 6.80. The molecular formula is C25H24ClN3O3S4. The maximum Gasteiger partial charge on any atom is 0.253 e. The first-order chi connectivity index (χ1) is 17.4. The molecule has 1 fully saturated rings. The van der Waals surface area contributed by atoms with E-state index in [2.05, 4.69) is 11.4 Å². The first kappa shape index (κ1) is 24.5. The molecule has 1 saturated heterocycles. The van der Waals surface area contributed by atoms with Crippen LogP contribution in [0.2, 0.25) is 4.34 Å². The summed E-state index contributed by atoms with van der Waals surface area (Å²) in [6, 6.07) is 10.4. The fourth-order valence-electron chi connectivity index (χ4n) is 5.06. The lowest BCUT2D eigenvalue weighted by Crippen LogP contribution is -2.49. The van der Waals surface area contributed by atoms with E-state index in [0.717, 1.165) is 75.7 Å². The van der Waals surface area contributed by atoms with Crippen molar-refractivity contribution in [1.29, 1.82) is 0 Å². The number of nitrogens with one attached hydrogen (secondary N) is 1. The van der Waals surface area contributed by atoms with E-state index in [1.165, 1.54) is 20.8 Å². The van der Waals surface area contributed by atoms with Crippen molar-refractivity contribution in [3.05, 3.63) is 51.2 Å². The number of piperidine rings is 1. The van der Waals surface area contributed by atoms with Crippen molar-refractivity contribution in [2.45, 2.75) is 55.2 Å². The number of halogens is 1. The van der Waals surface area contributed by atoms with Gasteiger partial charge in [-0.25, -0.2) is 13.4 Å². The van der Waals surface area contributed by atoms with Crippen LogP contribution in [0.25, 0.3) is 20.8 Å². The fourth-order valence-corrected chi connectivity index (χ4v) is 10.7. The van der Waals surface area contributed by atoms with Crippen LogP contribution in [0.5, 0.6) is 0 Å². The fraction of sp³-hybridized carbons (Fsp3) is 0.360. The molecule has 1 atom stereocenters. The van der Waals surface area contributed by atoms with Crippen molar-refractivity contribution in [2.75, 3.05) is 11.9 Å². The molecule has 1 aliphatic heterocycles. The topological polar surface area (TPSA) is 79.4 Å². The van der Waals surface area contributed by atoms with Crippen LogP contribution in [0, 0.1) is 0 Å². The van der Waals surface area contributed by atoms with Crippen LogP contribution in [-0.2, 0) is 27.7 Å². The number of carbonyl (C=O) groups is 1. The average Bonchev–Trinajstić information content (AvgIpc) is 3.60. The van der Waals surface area contributed by atoms with Gasteiger partial charge in [0.15, 0.2) is 0 Å². The van der Waals surface area contributed by atoms with Gasteiger partial charge in [0.1, 0.15) is 20.3 Å². The number of aromatic nitrogens is 1. The second-order valence-corrected chi connectivity index (χ2v) is 15.0. The Morgan fingerprint density at radius 1 is 1.03 bits per heavy atom. The van der Waals surface area contributed by atoms with E-state index >= 15 is 0 Å². The zero-order valence-electron chi connectivity index (χ0n) is 19.3. The van der Waals surface area contributed by atoms with E-state index in [9.17, 15) is 13.2 Å². The van der Waals surface area contributed by atoms with Gasteiger partial charge in [-0.15, -0.1) is 34.0 Å². The molecule has 0 saturated carbocycles.